The van der Waals surface area contributed by atoms with Crippen LogP contribution in [-0.4, -0.2) is 11.7 Å². The average molecular weight is 194 g/mol. The van der Waals surface area contributed by atoms with Gasteiger partial charge < -0.3 is 10.4 Å². The zero-order chi connectivity index (χ0) is 10.4. The minimum absolute atomic E-state index is 0.342. The molecule has 0 heterocycles. The van der Waals surface area contributed by atoms with Gasteiger partial charge in [0, 0.05) is 19.5 Å². The summed E-state index contributed by atoms with van der Waals surface area (Å²) in [6.45, 7) is 1.08. The maximum atomic E-state index is 12.8. The summed E-state index contributed by atoms with van der Waals surface area (Å²) in [6, 6.07) is 6.22. The van der Waals surface area contributed by atoms with E-state index in [2.05, 4.69) is 5.32 Å². The van der Waals surface area contributed by atoms with Gasteiger partial charge in [-0.25, -0.2) is 4.39 Å². The van der Waals surface area contributed by atoms with Crippen LogP contribution in [0.2, 0.25) is 0 Å². The molecule has 0 radical (unpaired) electrons. The van der Waals surface area contributed by atoms with Crippen molar-refractivity contribution in [3.05, 3.63) is 29.6 Å². The molecule has 0 unspecified atom stereocenters. The Bertz CT molecular complexity index is 346. The normalized spacial score (nSPS) is 9.71. The van der Waals surface area contributed by atoms with E-state index in [0.717, 1.165) is 5.56 Å². The molecular weight excluding hydrogens is 183 g/mol. The molecule has 0 aliphatic carbocycles. The lowest BCUT2D eigenvalue weighted by molar-refractivity contribution is 0.431. The minimum atomic E-state index is -0.621. The lowest BCUT2D eigenvalue weighted by atomic mass is 10.2. The van der Waals surface area contributed by atoms with E-state index < -0.39 is 5.82 Å². The van der Waals surface area contributed by atoms with Gasteiger partial charge in [-0.05, 0) is 17.7 Å². The van der Waals surface area contributed by atoms with Crippen molar-refractivity contribution < 1.29 is 9.50 Å². The highest BCUT2D eigenvalue weighted by molar-refractivity contribution is 5.27. The summed E-state index contributed by atoms with van der Waals surface area (Å²) in [5, 5.41) is 20.2. The number of hydrogen-bond donors (Lipinski definition) is 2. The largest absolute Gasteiger partial charge is 0.505 e. The molecule has 0 saturated carbocycles. The topological polar surface area (TPSA) is 56.0 Å². The third-order valence-corrected chi connectivity index (χ3v) is 1.75. The Balaban J connectivity index is 2.44. The predicted octanol–water partition coefficient (Wildman–Crippen LogP) is 1.53. The van der Waals surface area contributed by atoms with Gasteiger partial charge in [-0.2, -0.15) is 5.26 Å². The molecule has 1 aromatic rings. The smallest absolute Gasteiger partial charge is 0.165 e. The second-order valence-corrected chi connectivity index (χ2v) is 2.87. The molecule has 14 heavy (non-hydrogen) atoms. The zero-order valence-corrected chi connectivity index (χ0v) is 7.63. The van der Waals surface area contributed by atoms with Crippen molar-refractivity contribution in [1.29, 1.82) is 5.26 Å². The molecule has 1 aromatic carbocycles. The summed E-state index contributed by atoms with van der Waals surface area (Å²) in [7, 11) is 0. The fourth-order valence-electron chi connectivity index (χ4n) is 1.04. The molecule has 4 heteroatoms. The summed E-state index contributed by atoms with van der Waals surface area (Å²) in [6.07, 6.45) is 0.431. The number of halogens is 1. The number of hydrogen-bond acceptors (Lipinski definition) is 3. The number of nitrogens with one attached hydrogen (secondary N) is 1. The number of rotatable bonds is 4. The number of nitrogens with zero attached hydrogens (tertiary/aromatic N) is 1. The molecule has 0 aliphatic rings. The second-order valence-electron chi connectivity index (χ2n) is 2.87. The van der Waals surface area contributed by atoms with Gasteiger partial charge in [0.2, 0.25) is 0 Å². The molecular formula is C10H11FN2O. The van der Waals surface area contributed by atoms with Crippen molar-refractivity contribution in [2.45, 2.75) is 13.0 Å². The number of benzene rings is 1. The van der Waals surface area contributed by atoms with Crippen LogP contribution in [0.25, 0.3) is 0 Å². The van der Waals surface area contributed by atoms with Crippen molar-refractivity contribution in [3.8, 4) is 11.8 Å². The van der Waals surface area contributed by atoms with Gasteiger partial charge in [-0.3, -0.25) is 0 Å². The van der Waals surface area contributed by atoms with Crippen LogP contribution in [0.15, 0.2) is 18.2 Å². The van der Waals surface area contributed by atoms with Crippen molar-refractivity contribution in [2.24, 2.45) is 0 Å². The third-order valence-electron chi connectivity index (χ3n) is 1.75. The van der Waals surface area contributed by atoms with Crippen LogP contribution in [0.5, 0.6) is 5.75 Å². The second kappa shape index (κ2) is 5.20. The summed E-state index contributed by atoms with van der Waals surface area (Å²) < 4.78 is 12.8. The highest BCUT2D eigenvalue weighted by Crippen LogP contribution is 2.15. The molecule has 74 valence electrons. The van der Waals surface area contributed by atoms with Crippen molar-refractivity contribution in [3.63, 3.8) is 0 Å². The van der Waals surface area contributed by atoms with E-state index in [4.69, 9.17) is 10.4 Å². The molecule has 0 spiro atoms. The Morgan fingerprint density at radius 3 is 2.93 bits per heavy atom. The first-order chi connectivity index (χ1) is 6.74. The van der Waals surface area contributed by atoms with Crippen LogP contribution in [0, 0.1) is 17.1 Å². The lowest BCUT2D eigenvalue weighted by Gasteiger charge is -2.03. The Kier molecular flexibility index (Phi) is 3.89. The van der Waals surface area contributed by atoms with E-state index >= 15 is 0 Å². The minimum Gasteiger partial charge on any atom is -0.505 e. The van der Waals surface area contributed by atoms with Gasteiger partial charge in [0.15, 0.2) is 11.6 Å². The highest BCUT2D eigenvalue weighted by Gasteiger charge is 2.00. The molecule has 0 aromatic heterocycles. The number of aromatic hydroxyl groups is 1. The average Bonchev–Trinajstić information content (AvgIpc) is 2.18. The fourth-order valence-corrected chi connectivity index (χ4v) is 1.04. The maximum absolute atomic E-state index is 12.8. The molecule has 0 atom stereocenters. The SMILES string of the molecule is N#CCCNCc1ccc(O)c(F)c1. The summed E-state index contributed by atoms with van der Waals surface area (Å²) in [4.78, 5) is 0. The van der Waals surface area contributed by atoms with Gasteiger partial charge in [-0.15, -0.1) is 0 Å². The van der Waals surface area contributed by atoms with Crippen molar-refractivity contribution in [2.75, 3.05) is 6.54 Å². The first-order valence-electron chi connectivity index (χ1n) is 4.29. The lowest BCUT2D eigenvalue weighted by Crippen LogP contribution is -2.14. The Labute approximate surface area is 81.8 Å². The first-order valence-corrected chi connectivity index (χ1v) is 4.29. The Morgan fingerprint density at radius 1 is 1.50 bits per heavy atom. The van der Waals surface area contributed by atoms with Gasteiger partial charge in [-0.1, -0.05) is 6.07 Å². The standard InChI is InChI=1S/C10H11FN2O/c11-9-6-8(2-3-10(9)14)7-13-5-1-4-12/h2-3,6,13-14H,1,5,7H2. The number of nitriles is 1. The molecule has 0 saturated heterocycles. The van der Waals surface area contributed by atoms with Crippen LogP contribution in [-0.2, 0) is 6.54 Å². The zero-order valence-electron chi connectivity index (χ0n) is 7.63. The van der Waals surface area contributed by atoms with Crippen LogP contribution in [0.3, 0.4) is 0 Å². The van der Waals surface area contributed by atoms with E-state index in [0.29, 0.717) is 19.5 Å². The molecule has 1 rings (SSSR count). The van der Waals surface area contributed by atoms with Crippen molar-refractivity contribution >= 4 is 0 Å². The van der Waals surface area contributed by atoms with Gasteiger partial charge in [0.25, 0.3) is 0 Å². The van der Waals surface area contributed by atoms with E-state index in [1.54, 1.807) is 6.07 Å². The molecule has 0 amide bonds. The maximum Gasteiger partial charge on any atom is 0.165 e. The summed E-state index contributed by atoms with van der Waals surface area (Å²) in [5.41, 5.74) is 0.748. The Hall–Kier alpha value is -1.60. The van der Waals surface area contributed by atoms with Gasteiger partial charge >= 0.3 is 0 Å². The Morgan fingerprint density at radius 2 is 2.29 bits per heavy atom. The first kappa shape index (κ1) is 10.5. The molecule has 3 nitrogen and oxygen atoms in total. The van der Waals surface area contributed by atoms with E-state index in [9.17, 15) is 4.39 Å². The molecule has 0 bridgehead atoms. The number of phenols is 1. The van der Waals surface area contributed by atoms with Gasteiger partial charge in [0.05, 0.1) is 6.07 Å². The van der Waals surface area contributed by atoms with Crippen LogP contribution >= 0.6 is 0 Å². The number of phenolic OH excluding ortho intramolecular Hbond substituents is 1. The van der Waals surface area contributed by atoms with E-state index in [1.807, 2.05) is 6.07 Å². The molecule has 0 fully saturated rings. The third kappa shape index (κ3) is 3.04. The molecule has 0 aliphatic heterocycles. The monoisotopic (exact) mass is 194 g/mol. The van der Waals surface area contributed by atoms with Crippen LogP contribution in [0.4, 0.5) is 4.39 Å². The van der Waals surface area contributed by atoms with E-state index in [1.165, 1.54) is 12.1 Å². The van der Waals surface area contributed by atoms with E-state index in [-0.39, 0.29) is 5.75 Å². The van der Waals surface area contributed by atoms with Crippen LogP contribution < -0.4 is 5.32 Å². The van der Waals surface area contributed by atoms with Gasteiger partial charge in [0.1, 0.15) is 0 Å². The quantitative estimate of drug-likeness (QED) is 0.715. The summed E-state index contributed by atoms with van der Waals surface area (Å²) in [5.74, 6) is -0.963. The fraction of sp³-hybridized carbons (Fsp3) is 0.300. The van der Waals surface area contributed by atoms with Crippen LogP contribution in [0.1, 0.15) is 12.0 Å². The summed E-state index contributed by atoms with van der Waals surface area (Å²) >= 11 is 0. The van der Waals surface area contributed by atoms with Crippen molar-refractivity contribution in [1.82, 2.24) is 5.32 Å². The predicted molar refractivity (Wildman–Crippen MR) is 50.0 cm³/mol. The molecule has 2 N–H and O–H groups in total. The highest BCUT2D eigenvalue weighted by atomic mass is 19.1.